The first-order valence-electron chi connectivity index (χ1n) is 10.2. The molecule has 1 atom stereocenters. The minimum Gasteiger partial charge on any atom is -0.354 e. The van der Waals surface area contributed by atoms with Crippen molar-refractivity contribution in [3.8, 4) is 0 Å². The summed E-state index contributed by atoms with van der Waals surface area (Å²) in [5.41, 5.74) is 0.824. The molecular formula is C21H25BrN6O2. The third-order valence-corrected chi connectivity index (χ3v) is 6.07. The first-order chi connectivity index (χ1) is 14.6. The molecule has 1 N–H and O–H groups in total. The molecule has 2 aliphatic rings. The standard InChI is InChI=1S/C21H25BrN6O2/c22-16-3-1-4-17(15-16)28-9-5-18(20(28)30)19(29)23-8-10-26-11-13-27(14-12-26)21-24-6-2-7-25-21/h1-4,6-7,15,18H,5,8-14H2,(H,23,29). The van der Waals surface area contributed by atoms with Gasteiger partial charge in [0.25, 0.3) is 0 Å². The maximum atomic E-state index is 12.7. The molecule has 0 saturated carbocycles. The summed E-state index contributed by atoms with van der Waals surface area (Å²) in [6.45, 7) is 5.39. The molecule has 1 unspecified atom stereocenters. The molecule has 158 valence electrons. The van der Waals surface area contributed by atoms with Gasteiger partial charge >= 0.3 is 0 Å². The zero-order chi connectivity index (χ0) is 20.9. The number of amides is 2. The van der Waals surface area contributed by atoms with E-state index in [0.717, 1.165) is 48.8 Å². The number of hydrogen-bond acceptors (Lipinski definition) is 6. The molecular weight excluding hydrogens is 448 g/mol. The van der Waals surface area contributed by atoms with Gasteiger partial charge in [0.1, 0.15) is 5.92 Å². The molecule has 0 spiro atoms. The van der Waals surface area contributed by atoms with Crippen molar-refractivity contribution in [2.75, 3.05) is 55.6 Å². The quantitative estimate of drug-likeness (QED) is 0.642. The molecule has 1 aromatic carbocycles. The molecule has 0 radical (unpaired) electrons. The summed E-state index contributed by atoms with van der Waals surface area (Å²) >= 11 is 3.43. The summed E-state index contributed by atoms with van der Waals surface area (Å²) in [7, 11) is 0. The molecule has 2 aliphatic heterocycles. The zero-order valence-corrected chi connectivity index (χ0v) is 18.3. The molecule has 3 heterocycles. The van der Waals surface area contributed by atoms with Crippen molar-refractivity contribution in [1.29, 1.82) is 0 Å². The van der Waals surface area contributed by atoms with Gasteiger partial charge in [0, 0.05) is 68.4 Å². The third kappa shape index (κ3) is 4.79. The second-order valence-corrected chi connectivity index (χ2v) is 8.40. The summed E-state index contributed by atoms with van der Waals surface area (Å²) in [6, 6.07) is 9.42. The van der Waals surface area contributed by atoms with Crippen LogP contribution in [0.1, 0.15) is 6.42 Å². The highest BCUT2D eigenvalue weighted by Gasteiger charge is 2.37. The fourth-order valence-corrected chi connectivity index (χ4v) is 4.30. The molecule has 2 fully saturated rings. The van der Waals surface area contributed by atoms with E-state index in [1.165, 1.54) is 0 Å². The lowest BCUT2D eigenvalue weighted by Gasteiger charge is -2.34. The number of nitrogens with one attached hydrogen (secondary N) is 1. The lowest BCUT2D eigenvalue weighted by atomic mass is 10.1. The minimum atomic E-state index is -0.601. The van der Waals surface area contributed by atoms with Gasteiger partial charge in [-0.2, -0.15) is 0 Å². The van der Waals surface area contributed by atoms with Gasteiger partial charge in [-0.1, -0.05) is 22.0 Å². The number of hydrogen-bond donors (Lipinski definition) is 1. The number of rotatable bonds is 6. The monoisotopic (exact) mass is 472 g/mol. The van der Waals surface area contributed by atoms with Crippen LogP contribution < -0.4 is 15.1 Å². The van der Waals surface area contributed by atoms with Crippen LogP contribution >= 0.6 is 15.9 Å². The van der Waals surface area contributed by atoms with Crippen LogP contribution in [0.3, 0.4) is 0 Å². The number of piperazine rings is 1. The average molecular weight is 473 g/mol. The van der Waals surface area contributed by atoms with Crippen molar-refractivity contribution in [3.05, 3.63) is 47.2 Å². The van der Waals surface area contributed by atoms with Gasteiger partial charge in [0.05, 0.1) is 0 Å². The van der Waals surface area contributed by atoms with Crippen LogP contribution in [0.25, 0.3) is 0 Å². The largest absolute Gasteiger partial charge is 0.354 e. The number of aromatic nitrogens is 2. The lowest BCUT2D eigenvalue weighted by Crippen LogP contribution is -2.49. The van der Waals surface area contributed by atoms with Gasteiger partial charge in [-0.25, -0.2) is 9.97 Å². The fourth-order valence-electron chi connectivity index (χ4n) is 3.91. The van der Waals surface area contributed by atoms with E-state index in [-0.39, 0.29) is 11.8 Å². The van der Waals surface area contributed by atoms with Crippen LogP contribution in [-0.4, -0.2) is 72.5 Å². The minimum absolute atomic E-state index is 0.123. The predicted octanol–water partition coefficient (Wildman–Crippen LogP) is 1.53. The summed E-state index contributed by atoms with van der Waals surface area (Å²) in [5, 5.41) is 2.95. The molecule has 4 rings (SSSR count). The fraction of sp³-hybridized carbons (Fsp3) is 0.429. The Labute approximate surface area is 184 Å². The van der Waals surface area contributed by atoms with Gasteiger partial charge in [-0.15, -0.1) is 0 Å². The van der Waals surface area contributed by atoms with Gasteiger partial charge < -0.3 is 15.1 Å². The van der Waals surface area contributed by atoms with E-state index < -0.39 is 5.92 Å². The highest BCUT2D eigenvalue weighted by molar-refractivity contribution is 9.10. The van der Waals surface area contributed by atoms with Crippen molar-refractivity contribution >= 4 is 39.4 Å². The molecule has 0 bridgehead atoms. The van der Waals surface area contributed by atoms with Crippen LogP contribution in [0.15, 0.2) is 47.2 Å². The van der Waals surface area contributed by atoms with E-state index in [0.29, 0.717) is 19.5 Å². The van der Waals surface area contributed by atoms with E-state index in [4.69, 9.17) is 0 Å². The van der Waals surface area contributed by atoms with Gasteiger partial charge in [0.2, 0.25) is 17.8 Å². The highest BCUT2D eigenvalue weighted by Crippen LogP contribution is 2.27. The van der Waals surface area contributed by atoms with Crippen molar-refractivity contribution in [1.82, 2.24) is 20.2 Å². The number of carbonyl (C=O) groups is 2. The molecule has 8 nitrogen and oxygen atoms in total. The van der Waals surface area contributed by atoms with E-state index in [1.807, 2.05) is 30.3 Å². The number of carbonyl (C=O) groups excluding carboxylic acids is 2. The first-order valence-corrected chi connectivity index (χ1v) is 11.0. The normalized spacial score (nSPS) is 19.9. The Kier molecular flexibility index (Phi) is 6.59. The zero-order valence-electron chi connectivity index (χ0n) is 16.7. The van der Waals surface area contributed by atoms with E-state index in [9.17, 15) is 9.59 Å². The maximum absolute atomic E-state index is 12.7. The number of anilines is 2. The number of nitrogens with zero attached hydrogens (tertiary/aromatic N) is 5. The number of halogens is 1. The van der Waals surface area contributed by atoms with Crippen molar-refractivity contribution in [3.63, 3.8) is 0 Å². The molecule has 2 amide bonds. The van der Waals surface area contributed by atoms with Crippen LogP contribution in [0.4, 0.5) is 11.6 Å². The summed E-state index contributed by atoms with van der Waals surface area (Å²) in [6.07, 6.45) is 4.06. The summed E-state index contributed by atoms with van der Waals surface area (Å²) in [5.74, 6) is -0.132. The SMILES string of the molecule is O=C(NCCN1CCN(c2ncccn2)CC1)C1CCN(c2cccc(Br)c2)C1=O. The number of benzene rings is 1. The van der Waals surface area contributed by atoms with Crippen molar-refractivity contribution < 1.29 is 9.59 Å². The van der Waals surface area contributed by atoms with Crippen LogP contribution in [0, 0.1) is 5.92 Å². The van der Waals surface area contributed by atoms with Crippen LogP contribution in [-0.2, 0) is 9.59 Å². The molecule has 0 aliphatic carbocycles. The topological polar surface area (TPSA) is 81.7 Å². The van der Waals surface area contributed by atoms with Crippen molar-refractivity contribution in [2.45, 2.75) is 6.42 Å². The van der Waals surface area contributed by atoms with Gasteiger partial charge in [-0.05, 0) is 30.7 Å². The maximum Gasteiger partial charge on any atom is 0.239 e. The highest BCUT2D eigenvalue weighted by atomic mass is 79.9. The predicted molar refractivity (Wildman–Crippen MR) is 118 cm³/mol. The molecule has 2 aromatic rings. The van der Waals surface area contributed by atoms with E-state index in [1.54, 1.807) is 17.3 Å². The van der Waals surface area contributed by atoms with E-state index >= 15 is 0 Å². The van der Waals surface area contributed by atoms with Gasteiger partial charge in [0.15, 0.2) is 0 Å². The molecule has 2 saturated heterocycles. The smallest absolute Gasteiger partial charge is 0.239 e. The Morgan fingerprint density at radius 1 is 1.10 bits per heavy atom. The van der Waals surface area contributed by atoms with Gasteiger partial charge in [-0.3, -0.25) is 14.5 Å². The Bertz CT molecular complexity index is 888. The van der Waals surface area contributed by atoms with Crippen LogP contribution in [0.2, 0.25) is 0 Å². The Hall–Kier alpha value is -2.52. The molecule has 1 aromatic heterocycles. The van der Waals surface area contributed by atoms with E-state index in [2.05, 4.69) is 41.0 Å². The second-order valence-electron chi connectivity index (χ2n) is 7.48. The summed E-state index contributed by atoms with van der Waals surface area (Å²) < 4.78 is 0.916. The van der Waals surface area contributed by atoms with Crippen LogP contribution in [0.5, 0.6) is 0 Å². The van der Waals surface area contributed by atoms with Crippen molar-refractivity contribution in [2.24, 2.45) is 5.92 Å². The Balaban J connectivity index is 1.21. The molecule has 30 heavy (non-hydrogen) atoms. The summed E-state index contributed by atoms with van der Waals surface area (Å²) in [4.78, 5) is 40.1. The Morgan fingerprint density at radius 3 is 2.60 bits per heavy atom. The second kappa shape index (κ2) is 9.53. The Morgan fingerprint density at radius 2 is 1.87 bits per heavy atom. The molecule has 9 heteroatoms. The average Bonchev–Trinajstić information content (AvgIpc) is 3.16. The third-order valence-electron chi connectivity index (χ3n) is 5.58. The lowest BCUT2D eigenvalue weighted by molar-refractivity contribution is -0.132. The first kappa shape index (κ1) is 20.7.